The van der Waals surface area contributed by atoms with Gasteiger partial charge in [0.25, 0.3) is 0 Å². The fraction of sp³-hybridized carbons (Fsp3) is 0.400. The zero-order chi connectivity index (χ0) is 9.10. The quantitative estimate of drug-likeness (QED) is 0.755. The normalized spacial score (nSPS) is 13.3. The van der Waals surface area contributed by atoms with Gasteiger partial charge >= 0.3 is 0 Å². The monoisotopic (exact) mass is 179 g/mol. The molecule has 0 atom stereocenters. The third kappa shape index (κ3) is 1.92. The molecule has 0 radical (unpaired) electrons. The molecule has 3 heteroatoms. The number of ether oxygens (including phenoxy) is 2. The molecule has 2 bridgehead atoms. The minimum atomic E-state index is 0.341. The van der Waals surface area contributed by atoms with Gasteiger partial charge in [0, 0.05) is 6.07 Å². The van der Waals surface area contributed by atoms with Gasteiger partial charge in [-0.1, -0.05) is 0 Å². The van der Waals surface area contributed by atoms with Crippen molar-refractivity contribution in [3.63, 3.8) is 0 Å². The predicted molar refractivity (Wildman–Crippen MR) is 50.2 cm³/mol. The van der Waals surface area contributed by atoms with Gasteiger partial charge in [-0.25, -0.2) is 0 Å². The van der Waals surface area contributed by atoms with Crippen molar-refractivity contribution in [2.24, 2.45) is 0 Å². The van der Waals surface area contributed by atoms with Crippen molar-refractivity contribution >= 4 is 0 Å². The van der Waals surface area contributed by atoms with E-state index in [1.54, 1.807) is 0 Å². The molecule has 1 aliphatic heterocycles. The molecule has 3 nitrogen and oxygen atoms in total. The van der Waals surface area contributed by atoms with Crippen LogP contribution in [0, 0.1) is 0 Å². The van der Waals surface area contributed by atoms with Crippen LogP contribution in [0.4, 0.5) is 0 Å². The smallest absolute Gasteiger partial charge is 0.230 e. The zero-order valence-corrected chi connectivity index (χ0v) is 7.67. The Morgan fingerprint density at radius 1 is 1.23 bits per heavy atom. The Morgan fingerprint density at radius 2 is 1.92 bits per heavy atom. The highest BCUT2D eigenvalue weighted by Crippen LogP contribution is 2.26. The van der Waals surface area contributed by atoms with Gasteiger partial charge in [0.1, 0.15) is 11.5 Å². The Kier molecular flexibility index (Phi) is 2.36. The second kappa shape index (κ2) is 3.66. The van der Waals surface area contributed by atoms with Crippen LogP contribution in [0.3, 0.4) is 0 Å². The first-order chi connectivity index (χ1) is 6.38. The SMILES string of the molecule is CNCCc1cc2cc(c1)OCO2. The predicted octanol–water partition coefficient (Wildman–Crippen LogP) is 1.18. The molecule has 1 aromatic carbocycles. The summed E-state index contributed by atoms with van der Waals surface area (Å²) >= 11 is 0. The van der Waals surface area contributed by atoms with Crippen molar-refractivity contribution in [2.45, 2.75) is 6.42 Å². The molecule has 0 saturated carbocycles. The van der Waals surface area contributed by atoms with E-state index in [0.717, 1.165) is 24.5 Å². The molecule has 0 saturated heterocycles. The van der Waals surface area contributed by atoms with E-state index in [1.165, 1.54) is 5.56 Å². The van der Waals surface area contributed by atoms with E-state index in [-0.39, 0.29) is 0 Å². The maximum atomic E-state index is 5.26. The average Bonchev–Trinajstić information content (AvgIpc) is 2.14. The fourth-order valence-corrected chi connectivity index (χ4v) is 1.38. The maximum absolute atomic E-state index is 5.26. The molecule has 1 N–H and O–H groups in total. The third-order valence-corrected chi connectivity index (χ3v) is 2.05. The summed E-state index contributed by atoms with van der Waals surface area (Å²) in [5.41, 5.74) is 1.25. The lowest BCUT2D eigenvalue weighted by molar-refractivity contribution is 0.105. The van der Waals surface area contributed by atoms with Crippen LogP contribution in [0.1, 0.15) is 5.56 Å². The molecule has 2 rings (SSSR count). The summed E-state index contributed by atoms with van der Waals surface area (Å²) in [6.45, 7) is 1.32. The van der Waals surface area contributed by atoms with Gasteiger partial charge < -0.3 is 14.8 Å². The molecule has 1 heterocycles. The van der Waals surface area contributed by atoms with Crippen molar-refractivity contribution in [2.75, 3.05) is 20.4 Å². The van der Waals surface area contributed by atoms with Crippen LogP contribution in [0.5, 0.6) is 11.5 Å². The number of hydrogen-bond donors (Lipinski definition) is 1. The molecule has 0 fully saturated rings. The first kappa shape index (κ1) is 8.38. The highest BCUT2D eigenvalue weighted by Gasteiger charge is 2.07. The molecule has 0 aromatic heterocycles. The van der Waals surface area contributed by atoms with Crippen molar-refractivity contribution in [1.29, 1.82) is 0 Å². The number of benzene rings is 1. The van der Waals surface area contributed by atoms with Gasteiger partial charge in [-0.2, -0.15) is 0 Å². The van der Waals surface area contributed by atoms with Crippen LogP contribution in [0.2, 0.25) is 0 Å². The lowest BCUT2D eigenvalue weighted by atomic mass is 10.1. The fourth-order valence-electron chi connectivity index (χ4n) is 1.38. The zero-order valence-electron chi connectivity index (χ0n) is 7.67. The second-order valence-electron chi connectivity index (χ2n) is 3.07. The highest BCUT2D eigenvalue weighted by atomic mass is 16.7. The first-order valence-electron chi connectivity index (χ1n) is 4.42. The van der Waals surface area contributed by atoms with E-state index in [1.807, 2.05) is 13.1 Å². The molecular formula is C10H13NO2. The Bertz CT molecular complexity index is 277. The van der Waals surface area contributed by atoms with Crippen molar-refractivity contribution < 1.29 is 9.47 Å². The summed E-state index contributed by atoms with van der Waals surface area (Å²) in [6.07, 6.45) is 1.00. The third-order valence-electron chi connectivity index (χ3n) is 2.05. The number of likely N-dealkylation sites (N-methyl/N-ethyl adjacent to an activating group) is 1. The minimum Gasteiger partial charge on any atom is -0.457 e. The molecule has 1 aromatic rings. The summed E-state index contributed by atoms with van der Waals surface area (Å²) < 4.78 is 10.5. The molecule has 0 spiro atoms. The van der Waals surface area contributed by atoms with E-state index >= 15 is 0 Å². The van der Waals surface area contributed by atoms with Crippen molar-refractivity contribution in [3.05, 3.63) is 23.8 Å². The largest absolute Gasteiger partial charge is 0.457 e. The lowest BCUT2D eigenvalue weighted by Crippen LogP contribution is -2.13. The first-order valence-corrected chi connectivity index (χ1v) is 4.42. The van der Waals surface area contributed by atoms with E-state index in [2.05, 4.69) is 17.4 Å². The summed E-state index contributed by atoms with van der Waals surface area (Å²) in [5.74, 6) is 1.82. The average molecular weight is 179 g/mol. The molecule has 0 unspecified atom stereocenters. The van der Waals surface area contributed by atoms with Crippen molar-refractivity contribution in [1.82, 2.24) is 5.32 Å². The van der Waals surface area contributed by atoms with E-state index in [0.29, 0.717) is 6.79 Å². The van der Waals surface area contributed by atoms with E-state index in [4.69, 9.17) is 9.47 Å². The molecule has 70 valence electrons. The van der Waals surface area contributed by atoms with Gasteiger partial charge in [-0.15, -0.1) is 0 Å². The Balaban J connectivity index is 2.15. The second-order valence-corrected chi connectivity index (χ2v) is 3.07. The number of nitrogens with one attached hydrogen (secondary N) is 1. The number of rotatable bonds is 3. The molecular weight excluding hydrogens is 166 g/mol. The van der Waals surface area contributed by atoms with Gasteiger partial charge in [-0.05, 0) is 37.7 Å². The lowest BCUT2D eigenvalue weighted by Gasteiger charge is -2.17. The van der Waals surface area contributed by atoms with Crippen LogP contribution < -0.4 is 14.8 Å². The summed E-state index contributed by atoms with van der Waals surface area (Å²) in [5, 5.41) is 3.11. The minimum absolute atomic E-state index is 0.341. The highest BCUT2D eigenvalue weighted by molar-refractivity contribution is 5.39. The summed E-state index contributed by atoms with van der Waals surface area (Å²) in [6, 6.07) is 6.03. The maximum Gasteiger partial charge on any atom is 0.230 e. The van der Waals surface area contributed by atoms with Crippen LogP contribution in [-0.4, -0.2) is 20.4 Å². The van der Waals surface area contributed by atoms with Gasteiger partial charge in [-0.3, -0.25) is 0 Å². The Hall–Kier alpha value is -1.22. The van der Waals surface area contributed by atoms with Gasteiger partial charge in [0.15, 0.2) is 0 Å². The Labute approximate surface area is 77.7 Å². The van der Waals surface area contributed by atoms with Crippen molar-refractivity contribution in [3.8, 4) is 11.5 Å². The topological polar surface area (TPSA) is 30.5 Å². The van der Waals surface area contributed by atoms with Gasteiger partial charge in [0.05, 0.1) is 0 Å². The standard InChI is InChI=1S/C10H13NO2/c1-11-3-2-8-4-9-6-10(5-8)13-7-12-9/h4-6,11H,2-3,7H2,1H3. The van der Waals surface area contributed by atoms with E-state index < -0.39 is 0 Å². The van der Waals surface area contributed by atoms with E-state index in [9.17, 15) is 0 Å². The number of fused-ring (bicyclic) bond motifs is 2. The number of hydrogen-bond acceptors (Lipinski definition) is 3. The Morgan fingerprint density at radius 3 is 2.54 bits per heavy atom. The molecule has 0 aliphatic carbocycles. The van der Waals surface area contributed by atoms with Crippen LogP contribution in [0.15, 0.2) is 18.2 Å². The van der Waals surface area contributed by atoms with Crippen LogP contribution in [0.25, 0.3) is 0 Å². The van der Waals surface area contributed by atoms with Crippen LogP contribution >= 0.6 is 0 Å². The summed E-state index contributed by atoms with van der Waals surface area (Å²) in [7, 11) is 1.95. The van der Waals surface area contributed by atoms with Gasteiger partial charge in [0.2, 0.25) is 6.79 Å². The summed E-state index contributed by atoms with van der Waals surface area (Å²) in [4.78, 5) is 0. The molecule has 0 amide bonds. The molecule has 13 heavy (non-hydrogen) atoms. The van der Waals surface area contributed by atoms with Crippen LogP contribution in [-0.2, 0) is 6.42 Å². The molecule has 1 aliphatic rings.